The predicted molar refractivity (Wildman–Crippen MR) is 304 cm³/mol. The molecule has 2 aliphatic heterocycles. The highest BCUT2D eigenvalue weighted by Crippen LogP contribution is 2.42. The SMILES string of the molecule is c1ccc(-c2ccccc2-c2ccc(N(c3ccc4c(c3)oc3ccccc34)c3cccc4c3[Si](c3ccccc3)(c3ccccc3)c3ccccc3[Si]43c4ccccc4Sc4ccccc43)cc2)cc1. The van der Waals surface area contributed by atoms with Crippen LogP contribution in [0, 0.1) is 0 Å². The zero-order valence-electron chi connectivity index (χ0n) is 38.7. The summed E-state index contributed by atoms with van der Waals surface area (Å²) in [5, 5.41) is 13.7. The van der Waals surface area contributed by atoms with Crippen LogP contribution in [0.3, 0.4) is 0 Å². The molecule has 0 N–H and O–H groups in total. The van der Waals surface area contributed by atoms with Gasteiger partial charge in [-0.2, -0.15) is 0 Å². The molecule has 0 fully saturated rings. The van der Waals surface area contributed by atoms with E-state index in [9.17, 15) is 0 Å². The van der Waals surface area contributed by atoms with Gasteiger partial charge in [0.1, 0.15) is 11.2 Å². The standard InChI is InChI=1S/C66H45NOSSi2/c1-4-21-46(22-5-1)52-27-10-11-28-53(52)47-39-41-48(42-40-47)67(49-43-44-55-54-29-12-13-31-57(54)68-58(55)45-49)56-30-20-38-65-66(56)70(50-23-6-2-7-24-50,51-25-8-3-9-26-51)63-36-18-19-37-64(63)71(65)61-34-16-14-32-59(61)69-60-33-15-17-35-62(60)71/h1-45H. The van der Waals surface area contributed by atoms with Crippen LogP contribution in [0.4, 0.5) is 17.1 Å². The third kappa shape index (κ3) is 6.27. The minimum absolute atomic E-state index is 0.866. The Balaban J connectivity index is 1.12. The molecule has 14 rings (SSSR count). The number of nitrogens with zero attached hydrogens (tertiary/aromatic N) is 1. The first-order valence-electron chi connectivity index (χ1n) is 24.4. The number of benzene rings is 11. The fraction of sp³-hybridized carbons (Fsp3) is 0. The summed E-state index contributed by atoms with van der Waals surface area (Å²) in [6.45, 7) is 0. The van der Waals surface area contributed by atoms with Gasteiger partial charge in [0.05, 0.1) is 0 Å². The van der Waals surface area contributed by atoms with E-state index >= 15 is 0 Å². The van der Waals surface area contributed by atoms with Gasteiger partial charge >= 0.3 is 0 Å². The van der Waals surface area contributed by atoms with Crippen LogP contribution < -0.4 is 46.4 Å². The van der Waals surface area contributed by atoms with Crippen molar-refractivity contribution in [2.75, 3.05) is 4.90 Å². The summed E-state index contributed by atoms with van der Waals surface area (Å²) in [7, 11) is -6.30. The molecule has 12 aromatic rings. The Labute approximate surface area is 420 Å². The van der Waals surface area contributed by atoms with Gasteiger partial charge in [0, 0.05) is 43.7 Å². The molecule has 334 valence electrons. The van der Waals surface area contributed by atoms with Crippen molar-refractivity contribution in [3.05, 3.63) is 273 Å². The molecule has 3 heterocycles. The van der Waals surface area contributed by atoms with Gasteiger partial charge in [0.15, 0.2) is 16.1 Å². The van der Waals surface area contributed by atoms with E-state index in [4.69, 9.17) is 4.42 Å². The zero-order valence-corrected chi connectivity index (χ0v) is 41.6. The van der Waals surface area contributed by atoms with E-state index in [2.05, 4.69) is 278 Å². The smallest absolute Gasteiger partial charge is 0.181 e. The summed E-state index contributed by atoms with van der Waals surface area (Å²) in [5.74, 6) is 0. The first-order valence-corrected chi connectivity index (χ1v) is 29.2. The second-order valence-corrected chi connectivity index (χ2v) is 27.1. The Hall–Kier alpha value is -8.20. The maximum absolute atomic E-state index is 6.74. The molecule has 1 spiro atoms. The molecule has 1 aromatic heterocycles. The average molecular weight is 956 g/mol. The van der Waals surface area contributed by atoms with Gasteiger partial charge < -0.3 is 9.32 Å². The normalized spacial score (nSPS) is 13.8. The van der Waals surface area contributed by atoms with E-state index in [1.165, 1.54) is 79.2 Å². The first-order chi connectivity index (χ1) is 35.2. The third-order valence-corrected chi connectivity index (χ3v) is 27.0. The molecular formula is C66H45NOSSi2. The van der Waals surface area contributed by atoms with E-state index in [-0.39, 0.29) is 0 Å². The summed E-state index contributed by atoms with van der Waals surface area (Å²) < 4.78 is 6.74. The number of para-hydroxylation sites is 1. The Morgan fingerprint density at radius 2 is 0.803 bits per heavy atom. The number of hydrogen-bond donors (Lipinski definition) is 0. The molecule has 0 atom stereocenters. The quantitative estimate of drug-likeness (QED) is 0.148. The maximum Gasteiger partial charge on any atom is 0.181 e. The second kappa shape index (κ2) is 16.7. The Kier molecular flexibility index (Phi) is 9.85. The van der Waals surface area contributed by atoms with Crippen LogP contribution in [-0.4, -0.2) is 16.1 Å². The Morgan fingerprint density at radius 1 is 0.324 bits per heavy atom. The molecule has 0 bridgehead atoms. The van der Waals surface area contributed by atoms with Crippen LogP contribution in [0.1, 0.15) is 0 Å². The van der Waals surface area contributed by atoms with Crippen molar-refractivity contribution in [3.8, 4) is 22.3 Å². The molecule has 0 amide bonds. The van der Waals surface area contributed by atoms with Crippen LogP contribution >= 0.6 is 11.8 Å². The van der Waals surface area contributed by atoms with E-state index in [1.807, 2.05) is 11.8 Å². The molecule has 5 heteroatoms. The highest BCUT2D eigenvalue weighted by molar-refractivity contribution is 8.00. The van der Waals surface area contributed by atoms with Crippen LogP contribution in [-0.2, 0) is 0 Å². The number of fused-ring (bicyclic) bond motifs is 11. The summed E-state index contributed by atoms with van der Waals surface area (Å²) in [6.07, 6.45) is 0. The zero-order chi connectivity index (χ0) is 46.9. The first kappa shape index (κ1) is 41.7. The predicted octanol–water partition coefficient (Wildman–Crippen LogP) is 11.9. The molecule has 0 saturated carbocycles. The van der Waals surface area contributed by atoms with Gasteiger partial charge in [-0.25, -0.2) is 0 Å². The minimum atomic E-state index is -3.23. The summed E-state index contributed by atoms with van der Waals surface area (Å²) >= 11 is 1.92. The fourth-order valence-electron chi connectivity index (χ4n) is 12.2. The molecule has 2 nitrogen and oxygen atoms in total. The van der Waals surface area contributed by atoms with Crippen molar-refractivity contribution in [1.82, 2.24) is 0 Å². The third-order valence-electron chi connectivity index (χ3n) is 15.1. The second-order valence-electron chi connectivity index (χ2n) is 18.6. The molecule has 0 unspecified atom stereocenters. The molecule has 0 radical (unpaired) electrons. The minimum Gasteiger partial charge on any atom is -0.456 e. The van der Waals surface area contributed by atoms with Gasteiger partial charge in [-0.3, -0.25) is 0 Å². The Morgan fingerprint density at radius 3 is 1.45 bits per heavy atom. The highest BCUT2D eigenvalue weighted by Gasteiger charge is 2.59. The molecule has 0 saturated heterocycles. The fourth-order valence-corrected chi connectivity index (χ4v) is 26.7. The van der Waals surface area contributed by atoms with Gasteiger partial charge in [-0.05, 0) is 112 Å². The van der Waals surface area contributed by atoms with Crippen LogP contribution in [0.15, 0.2) is 287 Å². The summed E-state index contributed by atoms with van der Waals surface area (Å²) in [5.41, 5.74) is 9.85. The Bertz CT molecular complexity index is 3900. The van der Waals surface area contributed by atoms with E-state index in [1.54, 1.807) is 0 Å². The number of rotatable bonds is 7. The van der Waals surface area contributed by atoms with Crippen LogP contribution in [0.5, 0.6) is 0 Å². The lowest BCUT2D eigenvalue weighted by molar-refractivity contribution is 0.669. The van der Waals surface area contributed by atoms with Crippen molar-refractivity contribution in [2.45, 2.75) is 9.79 Å². The van der Waals surface area contributed by atoms with E-state index in [0.717, 1.165) is 33.3 Å². The number of anilines is 3. The van der Waals surface area contributed by atoms with Gasteiger partial charge in [-0.1, -0.05) is 230 Å². The van der Waals surface area contributed by atoms with Crippen molar-refractivity contribution < 1.29 is 4.42 Å². The van der Waals surface area contributed by atoms with Crippen molar-refractivity contribution in [3.63, 3.8) is 0 Å². The number of hydrogen-bond acceptors (Lipinski definition) is 3. The monoisotopic (exact) mass is 955 g/mol. The van der Waals surface area contributed by atoms with Gasteiger partial charge in [0.2, 0.25) is 0 Å². The molecule has 0 aliphatic carbocycles. The molecular weight excluding hydrogens is 911 g/mol. The molecule has 2 aliphatic rings. The molecule has 11 aromatic carbocycles. The lowest BCUT2D eigenvalue weighted by atomic mass is 9.94. The van der Waals surface area contributed by atoms with Crippen molar-refractivity contribution in [2.24, 2.45) is 0 Å². The topological polar surface area (TPSA) is 16.4 Å². The molecule has 71 heavy (non-hydrogen) atoms. The van der Waals surface area contributed by atoms with Crippen LogP contribution in [0.25, 0.3) is 44.2 Å². The van der Waals surface area contributed by atoms with Gasteiger partial charge in [0.25, 0.3) is 0 Å². The van der Waals surface area contributed by atoms with E-state index in [0.29, 0.717) is 0 Å². The van der Waals surface area contributed by atoms with Crippen molar-refractivity contribution in [1.29, 1.82) is 0 Å². The maximum atomic E-state index is 6.74. The van der Waals surface area contributed by atoms with Crippen molar-refractivity contribution >= 4 is 108 Å². The number of furan rings is 1. The lowest BCUT2D eigenvalue weighted by Crippen LogP contribution is -2.94. The largest absolute Gasteiger partial charge is 0.456 e. The summed E-state index contributed by atoms with van der Waals surface area (Å²) in [4.78, 5) is 5.24. The van der Waals surface area contributed by atoms with Gasteiger partial charge in [-0.15, -0.1) is 0 Å². The lowest BCUT2D eigenvalue weighted by Gasteiger charge is -2.51. The van der Waals surface area contributed by atoms with E-state index < -0.39 is 16.1 Å². The average Bonchev–Trinajstić information content (AvgIpc) is 3.82. The summed E-state index contributed by atoms with van der Waals surface area (Å²) in [6, 6.07) is 103. The van der Waals surface area contributed by atoms with Crippen LogP contribution in [0.2, 0.25) is 0 Å². The highest BCUT2D eigenvalue weighted by atomic mass is 32.2.